The van der Waals surface area contributed by atoms with Gasteiger partial charge in [0.2, 0.25) is 0 Å². The van der Waals surface area contributed by atoms with E-state index in [1.165, 1.54) is 12.1 Å². The number of hydrogen-bond acceptors (Lipinski definition) is 6. The number of pyridine rings is 1. The van der Waals surface area contributed by atoms with Gasteiger partial charge in [-0.05, 0) is 24.3 Å². The van der Waals surface area contributed by atoms with Gasteiger partial charge in [0.05, 0.1) is 11.9 Å². The highest BCUT2D eigenvalue weighted by Gasteiger charge is 2.37. The molecule has 1 N–H and O–H groups in total. The fourth-order valence-corrected chi connectivity index (χ4v) is 1.90. The van der Waals surface area contributed by atoms with Gasteiger partial charge in [0, 0.05) is 14.1 Å². The molecule has 3 aromatic rings. The summed E-state index contributed by atoms with van der Waals surface area (Å²) in [6, 6.07) is 6.45. The molecule has 3 aromatic heterocycles. The SMILES string of the molecule is CN(C)c1ccc(Nc2ccc3nnc(C(F)(F)F)n3n2)cn1. The summed E-state index contributed by atoms with van der Waals surface area (Å²) in [6.45, 7) is 0. The second-order valence-electron chi connectivity index (χ2n) is 4.93. The summed E-state index contributed by atoms with van der Waals surface area (Å²) in [5.74, 6) is -0.184. The molecular weight excluding hydrogens is 311 g/mol. The zero-order valence-electron chi connectivity index (χ0n) is 12.2. The zero-order valence-corrected chi connectivity index (χ0v) is 12.2. The van der Waals surface area contributed by atoms with E-state index in [0.29, 0.717) is 10.2 Å². The Morgan fingerprint density at radius 1 is 1.09 bits per heavy atom. The van der Waals surface area contributed by atoms with Crippen molar-refractivity contribution in [3.8, 4) is 0 Å². The maximum atomic E-state index is 12.8. The number of alkyl halides is 3. The van der Waals surface area contributed by atoms with E-state index in [1.54, 1.807) is 18.3 Å². The second kappa shape index (κ2) is 5.38. The third-order valence-electron chi connectivity index (χ3n) is 2.99. The number of halogens is 3. The largest absolute Gasteiger partial charge is 0.453 e. The lowest BCUT2D eigenvalue weighted by Gasteiger charge is -2.12. The van der Waals surface area contributed by atoms with Crippen LogP contribution in [-0.4, -0.2) is 38.9 Å². The molecule has 0 atom stereocenters. The number of anilines is 3. The molecule has 0 bridgehead atoms. The molecular formula is C13H12F3N7. The Morgan fingerprint density at radius 3 is 2.48 bits per heavy atom. The number of rotatable bonds is 3. The number of fused-ring (bicyclic) bond motifs is 1. The molecule has 23 heavy (non-hydrogen) atoms. The van der Waals surface area contributed by atoms with Crippen molar-refractivity contribution < 1.29 is 13.2 Å². The molecule has 0 fully saturated rings. The van der Waals surface area contributed by atoms with E-state index in [1.807, 2.05) is 19.0 Å². The lowest BCUT2D eigenvalue weighted by atomic mass is 10.4. The van der Waals surface area contributed by atoms with Crippen LogP contribution in [-0.2, 0) is 6.18 Å². The highest BCUT2D eigenvalue weighted by molar-refractivity contribution is 5.58. The molecule has 0 saturated carbocycles. The Kier molecular flexibility index (Phi) is 3.51. The first-order valence-corrected chi connectivity index (χ1v) is 6.54. The van der Waals surface area contributed by atoms with Crippen LogP contribution in [0.5, 0.6) is 0 Å². The minimum absolute atomic E-state index is 0.0176. The van der Waals surface area contributed by atoms with Crippen molar-refractivity contribution in [3.63, 3.8) is 0 Å². The number of nitrogens with one attached hydrogen (secondary N) is 1. The van der Waals surface area contributed by atoms with E-state index in [2.05, 4.69) is 25.6 Å². The summed E-state index contributed by atoms with van der Waals surface area (Å²) in [5, 5.41) is 13.3. The molecule has 0 saturated heterocycles. The van der Waals surface area contributed by atoms with Crippen molar-refractivity contribution in [2.24, 2.45) is 0 Å². The van der Waals surface area contributed by atoms with Gasteiger partial charge < -0.3 is 10.2 Å². The van der Waals surface area contributed by atoms with Crippen LogP contribution in [0.3, 0.4) is 0 Å². The van der Waals surface area contributed by atoms with Gasteiger partial charge in [-0.3, -0.25) is 0 Å². The summed E-state index contributed by atoms with van der Waals surface area (Å²) < 4.78 is 39.2. The third kappa shape index (κ3) is 3.00. The Balaban J connectivity index is 1.91. The highest BCUT2D eigenvalue weighted by atomic mass is 19.4. The van der Waals surface area contributed by atoms with Gasteiger partial charge >= 0.3 is 6.18 Å². The predicted molar refractivity (Wildman–Crippen MR) is 77.6 cm³/mol. The first-order chi connectivity index (χ1) is 10.8. The molecule has 3 rings (SSSR count). The van der Waals surface area contributed by atoms with E-state index in [0.717, 1.165) is 5.82 Å². The third-order valence-corrected chi connectivity index (χ3v) is 2.99. The highest BCUT2D eigenvalue weighted by Crippen LogP contribution is 2.27. The summed E-state index contributed by atoms with van der Waals surface area (Å²) in [5.41, 5.74) is 0.619. The lowest BCUT2D eigenvalue weighted by molar-refractivity contribution is -0.146. The van der Waals surface area contributed by atoms with Crippen LogP contribution in [0.15, 0.2) is 30.5 Å². The van der Waals surface area contributed by atoms with E-state index in [-0.39, 0.29) is 11.5 Å². The average molecular weight is 323 g/mol. The number of aromatic nitrogens is 5. The Hall–Kier alpha value is -2.91. The second-order valence-corrected chi connectivity index (χ2v) is 4.93. The molecule has 0 aliphatic rings. The van der Waals surface area contributed by atoms with Crippen molar-refractivity contribution in [2.45, 2.75) is 6.18 Å². The van der Waals surface area contributed by atoms with Gasteiger partial charge in [-0.1, -0.05) is 0 Å². The standard InChI is InChI=1S/C13H12F3N7/c1-22(2)10-5-3-8(7-17-10)18-9-4-6-11-19-20-12(13(14,15)16)23(11)21-9/h3-7H,1-2H3,(H,18,21). The van der Waals surface area contributed by atoms with E-state index < -0.39 is 12.0 Å². The molecule has 10 heteroatoms. The minimum Gasteiger partial charge on any atom is -0.363 e. The van der Waals surface area contributed by atoms with Crippen LogP contribution >= 0.6 is 0 Å². The van der Waals surface area contributed by atoms with Crippen molar-refractivity contribution in [1.82, 2.24) is 24.8 Å². The zero-order chi connectivity index (χ0) is 16.6. The molecule has 3 heterocycles. The molecule has 120 valence electrons. The van der Waals surface area contributed by atoms with E-state index in [9.17, 15) is 13.2 Å². The number of hydrogen-bond donors (Lipinski definition) is 1. The average Bonchev–Trinajstić information content (AvgIpc) is 2.91. The topological polar surface area (TPSA) is 71.2 Å². The van der Waals surface area contributed by atoms with Crippen molar-refractivity contribution >= 4 is 23.0 Å². The molecule has 0 aliphatic carbocycles. The van der Waals surface area contributed by atoms with Crippen LogP contribution in [0.2, 0.25) is 0 Å². The smallest absolute Gasteiger partial charge is 0.363 e. The van der Waals surface area contributed by atoms with Crippen molar-refractivity contribution in [3.05, 3.63) is 36.3 Å². The maximum absolute atomic E-state index is 12.8. The molecule has 7 nitrogen and oxygen atoms in total. The normalized spacial score (nSPS) is 11.7. The predicted octanol–water partition coefficient (Wildman–Crippen LogP) is 2.35. The summed E-state index contributed by atoms with van der Waals surface area (Å²) in [4.78, 5) is 6.04. The maximum Gasteiger partial charge on any atom is 0.453 e. The van der Waals surface area contributed by atoms with Gasteiger partial charge in [-0.2, -0.15) is 17.7 Å². The van der Waals surface area contributed by atoms with E-state index in [4.69, 9.17) is 0 Å². The molecule has 0 radical (unpaired) electrons. The van der Waals surface area contributed by atoms with Gasteiger partial charge in [0.25, 0.3) is 5.82 Å². The monoisotopic (exact) mass is 323 g/mol. The first kappa shape index (κ1) is 15.0. The van der Waals surface area contributed by atoms with Gasteiger partial charge in [0.15, 0.2) is 11.5 Å². The molecule has 0 spiro atoms. The quantitative estimate of drug-likeness (QED) is 0.798. The Labute approximate surface area is 128 Å². The Bertz CT molecular complexity index is 824. The summed E-state index contributed by atoms with van der Waals surface area (Å²) >= 11 is 0. The lowest BCUT2D eigenvalue weighted by Crippen LogP contribution is -2.13. The Morgan fingerprint density at radius 2 is 1.87 bits per heavy atom. The van der Waals surface area contributed by atoms with Crippen LogP contribution in [0, 0.1) is 0 Å². The molecule has 0 amide bonds. The summed E-state index contributed by atoms with van der Waals surface area (Å²) in [6.07, 6.45) is -3.06. The van der Waals surface area contributed by atoms with Gasteiger partial charge in [-0.15, -0.1) is 15.3 Å². The molecule has 0 aliphatic heterocycles. The van der Waals surface area contributed by atoms with Crippen molar-refractivity contribution in [1.29, 1.82) is 0 Å². The van der Waals surface area contributed by atoms with E-state index >= 15 is 0 Å². The van der Waals surface area contributed by atoms with Gasteiger partial charge in [-0.25, -0.2) is 4.98 Å². The van der Waals surface area contributed by atoms with Crippen molar-refractivity contribution in [2.75, 3.05) is 24.3 Å². The molecule has 0 unspecified atom stereocenters. The fraction of sp³-hybridized carbons (Fsp3) is 0.231. The van der Waals surface area contributed by atoms with Crippen LogP contribution < -0.4 is 10.2 Å². The minimum atomic E-state index is -4.63. The summed E-state index contributed by atoms with van der Waals surface area (Å²) in [7, 11) is 3.71. The van der Waals surface area contributed by atoms with Gasteiger partial charge in [0.1, 0.15) is 5.82 Å². The van der Waals surface area contributed by atoms with Crippen LogP contribution in [0.1, 0.15) is 5.82 Å². The fourth-order valence-electron chi connectivity index (χ4n) is 1.90. The van der Waals surface area contributed by atoms with Crippen LogP contribution in [0.4, 0.5) is 30.5 Å². The molecule has 0 aromatic carbocycles. The number of nitrogens with zero attached hydrogens (tertiary/aromatic N) is 6. The van der Waals surface area contributed by atoms with Crippen LogP contribution in [0.25, 0.3) is 5.65 Å². The first-order valence-electron chi connectivity index (χ1n) is 6.54.